The summed E-state index contributed by atoms with van der Waals surface area (Å²) in [5.74, 6) is -1.11. The first-order valence-corrected chi connectivity index (χ1v) is 10.0. The number of thiazole rings is 1. The minimum absolute atomic E-state index is 0.0832. The number of nitrogens with one attached hydrogen (secondary N) is 2. The van der Waals surface area contributed by atoms with Gasteiger partial charge in [0.15, 0.2) is 5.57 Å². The zero-order valence-corrected chi connectivity index (χ0v) is 17.9. The average Bonchev–Trinajstić information content (AvgIpc) is 3.05. The summed E-state index contributed by atoms with van der Waals surface area (Å²) < 4.78 is 26.3. The fourth-order valence-electron chi connectivity index (χ4n) is 2.58. The molecule has 11 heteroatoms. The van der Waals surface area contributed by atoms with E-state index in [2.05, 4.69) is 5.32 Å². The van der Waals surface area contributed by atoms with Gasteiger partial charge >= 0.3 is 0 Å². The number of anilines is 2. The molecule has 31 heavy (non-hydrogen) atoms. The monoisotopic (exact) mass is 449 g/mol. The highest BCUT2D eigenvalue weighted by Gasteiger charge is 2.16. The molecule has 1 aromatic carbocycles. The van der Waals surface area contributed by atoms with E-state index >= 15 is 0 Å². The molecule has 2 N–H and O–H groups in total. The number of amides is 2. The molecule has 0 spiro atoms. The van der Waals surface area contributed by atoms with Crippen molar-refractivity contribution in [2.45, 2.75) is 26.8 Å². The fraction of sp³-hybridized carbons (Fsp3) is 0.300. The number of aromatic nitrogens is 1. The van der Waals surface area contributed by atoms with Crippen LogP contribution in [-0.2, 0) is 16.1 Å². The molecule has 0 bridgehead atoms. The SMILES string of the molecule is CCn1c(=C(C#N)C(=O)NCC(F)F)sc(=CNc2cccc(N(C)C(C)=O)c2)c1=O. The van der Waals surface area contributed by atoms with Crippen molar-refractivity contribution in [3.63, 3.8) is 0 Å². The highest BCUT2D eigenvalue weighted by molar-refractivity contribution is 7.07. The van der Waals surface area contributed by atoms with Crippen LogP contribution in [-0.4, -0.2) is 36.4 Å². The van der Waals surface area contributed by atoms with Crippen molar-refractivity contribution < 1.29 is 18.4 Å². The predicted octanol–water partition coefficient (Wildman–Crippen LogP) is 0.818. The third kappa shape index (κ3) is 5.76. The molecule has 164 valence electrons. The molecule has 0 aliphatic carbocycles. The van der Waals surface area contributed by atoms with Crippen molar-refractivity contribution in [2.24, 2.45) is 0 Å². The number of halogens is 2. The van der Waals surface area contributed by atoms with E-state index in [0.717, 1.165) is 11.3 Å². The lowest BCUT2D eigenvalue weighted by Crippen LogP contribution is -2.35. The summed E-state index contributed by atoms with van der Waals surface area (Å²) >= 11 is 0.901. The summed E-state index contributed by atoms with van der Waals surface area (Å²) in [5.41, 5.74) is 0.428. The van der Waals surface area contributed by atoms with Gasteiger partial charge in [-0.05, 0) is 25.1 Å². The topological polar surface area (TPSA) is 107 Å². The van der Waals surface area contributed by atoms with E-state index < -0.39 is 30.0 Å². The van der Waals surface area contributed by atoms with Crippen LogP contribution in [0.15, 0.2) is 29.1 Å². The first-order valence-electron chi connectivity index (χ1n) is 9.21. The van der Waals surface area contributed by atoms with E-state index in [1.165, 1.54) is 22.6 Å². The molecular weight excluding hydrogens is 428 g/mol. The summed E-state index contributed by atoms with van der Waals surface area (Å²) in [6.45, 7) is 2.40. The third-order valence-electron chi connectivity index (χ3n) is 4.27. The zero-order valence-electron chi connectivity index (χ0n) is 17.1. The molecule has 2 aromatic rings. The molecule has 2 rings (SSSR count). The summed E-state index contributed by atoms with van der Waals surface area (Å²) in [6, 6.07) is 8.66. The van der Waals surface area contributed by atoms with Gasteiger partial charge < -0.3 is 15.5 Å². The molecule has 0 fully saturated rings. The maximum Gasteiger partial charge on any atom is 0.270 e. The van der Waals surface area contributed by atoms with Crippen molar-refractivity contribution >= 4 is 46.3 Å². The minimum Gasteiger partial charge on any atom is -0.360 e. The minimum atomic E-state index is -2.76. The molecule has 1 heterocycles. The van der Waals surface area contributed by atoms with Crippen LogP contribution in [0.4, 0.5) is 20.2 Å². The van der Waals surface area contributed by atoms with Crippen molar-refractivity contribution in [2.75, 3.05) is 23.8 Å². The van der Waals surface area contributed by atoms with Crippen molar-refractivity contribution in [1.82, 2.24) is 9.88 Å². The quantitative estimate of drug-likeness (QED) is 0.651. The van der Waals surface area contributed by atoms with Crippen LogP contribution in [0, 0.1) is 11.3 Å². The smallest absolute Gasteiger partial charge is 0.270 e. The van der Waals surface area contributed by atoms with Gasteiger partial charge in [0, 0.05) is 38.1 Å². The number of carbonyl (C=O) groups is 2. The van der Waals surface area contributed by atoms with Crippen molar-refractivity contribution in [3.05, 3.63) is 43.8 Å². The molecule has 1 aromatic heterocycles. The molecule has 0 aliphatic heterocycles. The maximum absolute atomic E-state index is 12.7. The molecule has 0 saturated carbocycles. The number of nitriles is 1. The number of nitrogens with zero attached hydrogens (tertiary/aromatic N) is 3. The Hall–Kier alpha value is -3.52. The van der Waals surface area contributed by atoms with E-state index in [1.807, 2.05) is 5.32 Å². The van der Waals surface area contributed by atoms with E-state index in [0.29, 0.717) is 11.4 Å². The van der Waals surface area contributed by atoms with Gasteiger partial charge in [-0.2, -0.15) is 5.26 Å². The van der Waals surface area contributed by atoms with Crippen molar-refractivity contribution in [3.8, 4) is 6.07 Å². The Labute approximate surface area is 180 Å². The Morgan fingerprint density at radius 2 is 2.10 bits per heavy atom. The van der Waals surface area contributed by atoms with E-state index in [4.69, 9.17) is 0 Å². The van der Waals surface area contributed by atoms with Gasteiger partial charge in [0.25, 0.3) is 17.9 Å². The van der Waals surface area contributed by atoms with E-state index in [1.54, 1.807) is 44.3 Å². The zero-order chi connectivity index (χ0) is 23.1. The number of hydrogen-bond acceptors (Lipinski definition) is 6. The maximum atomic E-state index is 12.7. The molecule has 0 atom stereocenters. The first-order chi connectivity index (χ1) is 14.7. The highest BCUT2D eigenvalue weighted by atomic mass is 32.1. The normalized spacial score (nSPS) is 12.4. The number of hydrogen-bond donors (Lipinski definition) is 2. The Morgan fingerprint density at radius 1 is 1.39 bits per heavy atom. The van der Waals surface area contributed by atoms with Gasteiger partial charge in [0.05, 0.1) is 6.54 Å². The summed E-state index contributed by atoms with van der Waals surface area (Å²) in [5, 5.41) is 14.3. The second kappa shape index (κ2) is 10.5. The Kier molecular flexibility index (Phi) is 8.04. The lowest BCUT2D eigenvalue weighted by atomic mass is 10.2. The molecule has 8 nitrogen and oxygen atoms in total. The number of rotatable bonds is 7. The molecule has 0 unspecified atom stereocenters. The lowest BCUT2D eigenvalue weighted by Gasteiger charge is -2.15. The molecule has 0 radical (unpaired) electrons. The Balaban J connectivity index is 2.47. The van der Waals surface area contributed by atoms with Gasteiger partial charge in [-0.15, -0.1) is 11.3 Å². The summed E-state index contributed by atoms with van der Waals surface area (Å²) in [4.78, 5) is 37.8. The van der Waals surface area contributed by atoms with Crippen LogP contribution in [0.1, 0.15) is 13.8 Å². The second-order valence-electron chi connectivity index (χ2n) is 6.33. The van der Waals surface area contributed by atoms with Crippen LogP contribution in [0.5, 0.6) is 0 Å². The van der Waals surface area contributed by atoms with Crippen LogP contribution >= 0.6 is 11.3 Å². The number of alkyl halides is 2. The average molecular weight is 449 g/mol. The highest BCUT2D eigenvalue weighted by Crippen LogP contribution is 2.18. The fourth-order valence-corrected chi connectivity index (χ4v) is 3.67. The van der Waals surface area contributed by atoms with Crippen LogP contribution < -0.4 is 30.3 Å². The number of carbonyl (C=O) groups excluding carboxylic acids is 2. The molecule has 0 saturated heterocycles. The largest absolute Gasteiger partial charge is 0.360 e. The predicted molar refractivity (Wildman–Crippen MR) is 115 cm³/mol. The summed E-state index contributed by atoms with van der Waals surface area (Å²) in [6.07, 6.45) is -1.33. The third-order valence-corrected chi connectivity index (χ3v) is 5.40. The van der Waals surface area contributed by atoms with Gasteiger partial charge in [0.1, 0.15) is 15.3 Å². The van der Waals surface area contributed by atoms with Crippen LogP contribution in [0.25, 0.3) is 11.8 Å². The molecule has 0 aliphatic rings. The molecular formula is C20H21F2N5O3S. The number of benzene rings is 1. The van der Waals surface area contributed by atoms with Gasteiger partial charge in [0.2, 0.25) is 5.91 Å². The van der Waals surface area contributed by atoms with Crippen LogP contribution in [0.2, 0.25) is 0 Å². The standard InChI is InChI=1S/C20H21F2N5O3S/c1-4-27-19(30)16(31-20(27)15(9-23)18(29)25-11-17(21)22)10-24-13-6-5-7-14(8-13)26(3)12(2)28/h5-8,10,17,24H,4,11H2,1-3H3,(H,25,29). The second-order valence-corrected chi connectivity index (χ2v) is 7.36. The lowest BCUT2D eigenvalue weighted by molar-refractivity contribution is -0.117. The van der Waals surface area contributed by atoms with Crippen LogP contribution in [0.3, 0.4) is 0 Å². The van der Waals surface area contributed by atoms with E-state index in [-0.39, 0.29) is 21.6 Å². The Bertz CT molecular complexity index is 1200. The Morgan fingerprint density at radius 3 is 2.68 bits per heavy atom. The molecule has 2 amide bonds. The first kappa shape index (κ1) is 23.8. The van der Waals surface area contributed by atoms with E-state index in [9.17, 15) is 28.4 Å². The van der Waals surface area contributed by atoms with Gasteiger partial charge in [-0.3, -0.25) is 19.0 Å². The summed E-state index contributed by atoms with van der Waals surface area (Å²) in [7, 11) is 1.63. The van der Waals surface area contributed by atoms with Gasteiger partial charge in [-0.1, -0.05) is 6.07 Å². The van der Waals surface area contributed by atoms with Crippen molar-refractivity contribution in [1.29, 1.82) is 5.26 Å². The van der Waals surface area contributed by atoms with Gasteiger partial charge in [-0.25, -0.2) is 8.78 Å².